The standard InChI is InChI=1S/C16H21FN2OS/c1-11(9-15(2,3)21(19)20)13-5-4-12(8-14(13)17)16(10-18)6-7-16/h4-5,8,11H,6-7,9,19H2,1-3H3/t11-,21?/m0/s1. The first-order chi connectivity index (χ1) is 9.72. The third-order valence-electron chi connectivity index (χ3n) is 4.39. The molecule has 0 spiro atoms. The van der Waals surface area contributed by atoms with Crippen LogP contribution in [0.15, 0.2) is 18.2 Å². The first kappa shape index (κ1) is 16.1. The third-order valence-corrected chi connectivity index (χ3v) is 5.65. The van der Waals surface area contributed by atoms with Crippen molar-refractivity contribution < 1.29 is 8.60 Å². The van der Waals surface area contributed by atoms with Crippen LogP contribution in [0.3, 0.4) is 0 Å². The maximum Gasteiger partial charge on any atom is 0.126 e. The normalized spacial score (nSPS) is 19.6. The molecule has 1 saturated carbocycles. The van der Waals surface area contributed by atoms with Gasteiger partial charge in [-0.3, -0.25) is 5.14 Å². The minimum absolute atomic E-state index is 0.0845. The molecule has 5 heteroatoms. The topological polar surface area (TPSA) is 66.9 Å². The van der Waals surface area contributed by atoms with Gasteiger partial charge in [-0.1, -0.05) is 19.1 Å². The fourth-order valence-corrected chi connectivity index (χ4v) is 3.16. The molecule has 1 fully saturated rings. The van der Waals surface area contributed by atoms with E-state index in [9.17, 15) is 13.9 Å². The Morgan fingerprint density at radius 2 is 2.14 bits per heavy atom. The van der Waals surface area contributed by atoms with Gasteiger partial charge < -0.3 is 0 Å². The van der Waals surface area contributed by atoms with Crippen molar-refractivity contribution in [1.82, 2.24) is 0 Å². The lowest BCUT2D eigenvalue weighted by molar-refractivity contribution is 0.515. The van der Waals surface area contributed by atoms with E-state index in [1.807, 2.05) is 26.8 Å². The lowest BCUT2D eigenvalue weighted by Crippen LogP contribution is -2.33. The molecule has 0 saturated heterocycles. The van der Waals surface area contributed by atoms with E-state index in [2.05, 4.69) is 6.07 Å². The largest absolute Gasteiger partial charge is 0.251 e. The molecule has 1 aromatic rings. The van der Waals surface area contributed by atoms with Crippen LogP contribution in [0.2, 0.25) is 0 Å². The first-order valence-electron chi connectivity index (χ1n) is 7.09. The van der Waals surface area contributed by atoms with E-state index in [1.54, 1.807) is 6.07 Å². The predicted octanol–water partition coefficient (Wildman–Crippen LogP) is 3.28. The van der Waals surface area contributed by atoms with E-state index in [0.717, 1.165) is 18.4 Å². The highest BCUT2D eigenvalue weighted by atomic mass is 32.2. The van der Waals surface area contributed by atoms with Crippen molar-refractivity contribution >= 4 is 11.0 Å². The van der Waals surface area contributed by atoms with E-state index in [4.69, 9.17) is 5.14 Å². The number of nitriles is 1. The highest BCUT2D eigenvalue weighted by molar-refractivity contribution is 7.84. The molecule has 0 amide bonds. The van der Waals surface area contributed by atoms with Gasteiger partial charge >= 0.3 is 0 Å². The zero-order valence-electron chi connectivity index (χ0n) is 12.6. The molecule has 2 atom stereocenters. The second-order valence-electron chi connectivity index (χ2n) is 6.59. The van der Waals surface area contributed by atoms with Crippen LogP contribution in [0.5, 0.6) is 0 Å². The zero-order valence-corrected chi connectivity index (χ0v) is 13.5. The SMILES string of the molecule is C[C@@H](CC(C)(C)S(N)=O)c1ccc(C2(C#N)CC2)cc1F. The Morgan fingerprint density at radius 3 is 2.57 bits per heavy atom. The molecule has 2 rings (SSSR count). The van der Waals surface area contributed by atoms with E-state index in [0.29, 0.717) is 12.0 Å². The van der Waals surface area contributed by atoms with Gasteiger partial charge in [0.25, 0.3) is 0 Å². The summed E-state index contributed by atoms with van der Waals surface area (Å²) >= 11 is 0. The molecule has 0 aromatic heterocycles. The number of hydrogen-bond acceptors (Lipinski definition) is 2. The average Bonchev–Trinajstić information content (AvgIpc) is 3.18. The second kappa shape index (κ2) is 5.51. The van der Waals surface area contributed by atoms with E-state index in [-0.39, 0.29) is 11.7 Å². The summed E-state index contributed by atoms with van der Waals surface area (Å²) in [6.45, 7) is 5.55. The van der Waals surface area contributed by atoms with Crippen molar-refractivity contribution in [2.75, 3.05) is 0 Å². The van der Waals surface area contributed by atoms with Gasteiger partial charge in [0.1, 0.15) is 5.82 Å². The van der Waals surface area contributed by atoms with Crippen LogP contribution in [0.25, 0.3) is 0 Å². The van der Waals surface area contributed by atoms with Crippen LogP contribution in [-0.2, 0) is 16.4 Å². The molecule has 1 aliphatic rings. The molecule has 21 heavy (non-hydrogen) atoms. The molecule has 3 nitrogen and oxygen atoms in total. The van der Waals surface area contributed by atoms with Crippen molar-refractivity contribution in [3.8, 4) is 6.07 Å². The summed E-state index contributed by atoms with van der Waals surface area (Å²) in [4.78, 5) is 0. The zero-order chi connectivity index (χ0) is 15.8. The van der Waals surface area contributed by atoms with E-state index in [1.165, 1.54) is 6.07 Å². The predicted molar refractivity (Wildman–Crippen MR) is 82.4 cm³/mol. The maximum absolute atomic E-state index is 14.4. The molecule has 114 valence electrons. The first-order valence-corrected chi connectivity index (χ1v) is 8.31. The highest BCUT2D eigenvalue weighted by Gasteiger charge is 2.45. The summed E-state index contributed by atoms with van der Waals surface area (Å²) in [6.07, 6.45) is 2.14. The monoisotopic (exact) mass is 308 g/mol. The molecule has 1 unspecified atom stereocenters. The van der Waals surface area contributed by atoms with Crippen molar-refractivity contribution in [1.29, 1.82) is 5.26 Å². The van der Waals surface area contributed by atoms with Gasteiger partial charge in [0.2, 0.25) is 0 Å². The average molecular weight is 308 g/mol. The Labute approximate surface area is 127 Å². The van der Waals surface area contributed by atoms with Crippen LogP contribution in [0.1, 0.15) is 57.1 Å². The van der Waals surface area contributed by atoms with E-state index >= 15 is 0 Å². The quantitative estimate of drug-likeness (QED) is 0.907. The van der Waals surface area contributed by atoms with Crippen LogP contribution in [0.4, 0.5) is 4.39 Å². The Balaban J connectivity index is 2.22. The summed E-state index contributed by atoms with van der Waals surface area (Å²) < 4.78 is 25.3. The fourth-order valence-electron chi connectivity index (χ4n) is 2.74. The number of nitrogens with zero attached hydrogens (tertiary/aromatic N) is 1. The van der Waals surface area contributed by atoms with Gasteiger partial charge in [-0.2, -0.15) is 5.26 Å². The van der Waals surface area contributed by atoms with Crippen LogP contribution in [0, 0.1) is 17.1 Å². The van der Waals surface area contributed by atoms with Crippen LogP contribution in [-0.4, -0.2) is 8.96 Å². The Morgan fingerprint density at radius 1 is 1.52 bits per heavy atom. The van der Waals surface area contributed by atoms with Crippen molar-refractivity contribution in [2.24, 2.45) is 5.14 Å². The molecular weight excluding hydrogens is 287 g/mol. The van der Waals surface area contributed by atoms with Gasteiger partial charge in [0, 0.05) is 0 Å². The van der Waals surface area contributed by atoms with Crippen molar-refractivity contribution in [2.45, 2.75) is 56.1 Å². The Bertz CT molecular complexity index is 617. The molecular formula is C16H21FN2OS. The lowest BCUT2D eigenvalue weighted by atomic mass is 9.88. The summed E-state index contributed by atoms with van der Waals surface area (Å²) in [6, 6.07) is 7.35. The fraction of sp³-hybridized carbons (Fsp3) is 0.562. The number of halogens is 1. The third kappa shape index (κ3) is 3.17. The molecule has 0 heterocycles. The number of benzene rings is 1. The maximum atomic E-state index is 14.4. The molecule has 0 radical (unpaired) electrons. The Hall–Kier alpha value is -1.25. The van der Waals surface area contributed by atoms with Gasteiger partial charge in [0.05, 0.1) is 27.2 Å². The summed E-state index contributed by atoms with van der Waals surface area (Å²) in [5.41, 5.74) is 0.881. The van der Waals surface area contributed by atoms with Gasteiger partial charge in [-0.25, -0.2) is 8.60 Å². The number of hydrogen-bond donors (Lipinski definition) is 1. The Kier molecular flexibility index (Phi) is 4.23. The smallest absolute Gasteiger partial charge is 0.126 e. The van der Waals surface area contributed by atoms with Gasteiger partial charge in [-0.15, -0.1) is 0 Å². The minimum Gasteiger partial charge on any atom is -0.251 e. The van der Waals surface area contributed by atoms with Crippen molar-refractivity contribution in [3.05, 3.63) is 35.1 Å². The van der Waals surface area contributed by atoms with Gasteiger partial charge in [-0.05, 0) is 56.2 Å². The van der Waals surface area contributed by atoms with Crippen LogP contribution < -0.4 is 5.14 Å². The summed E-state index contributed by atoms with van der Waals surface area (Å²) in [5.74, 6) is -0.376. The van der Waals surface area contributed by atoms with Crippen molar-refractivity contribution in [3.63, 3.8) is 0 Å². The number of rotatable bonds is 5. The van der Waals surface area contributed by atoms with Gasteiger partial charge in [0.15, 0.2) is 0 Å². The highest BCUT2D eigenvalue weighted by Crippen LogP contribution is 2.48. The molecule has 2 N–H and O–H groups in total. The molecule has 1 aliphatic carbocycles. The molecule has 0 bridgehead atoms. The summed E-state index contributed by atoms with van der Waals surface area (Å²) in [7, 11) is -1.45. The minimum atomic E-state index is -1.45. The number of nitrogens with two attached hydrogens (primary N) is 1. The molecule has 1 aromatic carbocycles. The summed E-state index contributed by atoms with van der Waals surface area (Å²) in [5, 5.41) is 14.7. The lowest BCUT2D eigenvalue weighted by Gasteiger charge is -2.25. The van der Waals surface area contributed by atoms with Crippen LogP contribution >= 0.6 is 0 Å². The second-order valence-corrected chi connectivity index (χ2v) is 8.29. The molecule has 0 aliphatic heterocycles. The van der Waals surface area contributed by atoms with E-state index < -0.39 is 21.1 Å².